The highest BCUT2D eigenvalue weighted by Gasteiger charge is 2.25. The summed E-state index contributed by atoms with van der Waals surface area (Å²) in [6.45, 7) is 5.83. The fourth-order valence-electron chi connectivity index (χ4n) is 2.35. The molecule has 2 aromatic heterocycles. The van der Waals surface area contributed by atoms with Gasteiger partial charge < -0.3 is 14.6 Å². The van der Waals surface area contributed by atoms with E-state index in [4.69, 9.17) is 4.74 Å². The highest BCUT2D eigenvalue weighted by molar-refractivity contribution is 7.09. The summed E-state index contributed by atoms with van der Waals surface area (Å²) >= 11 is 1.61. The molecule has 5 nitrogen and oxygen atoms in total. The fourth-order valence-corrected chi connectivity index (χ4v) is 2.97. The van der Waals surface area contributed by atoms with Crippen LogP contribution in [0.4, 0.5) is 0 Å². The standard InChI is InChI=1S/C14H17N3O2S/c1-9-7-19-4-3-17(9)14(18)12-5-11(6-15-12)13-8-20-10(2)16-13/h5-6,8-9,15H,3-4,7H2,1-2H3. The number of thiazole rings is 1. The molecule has 1 aliphatic rings. The molecule has 1 N–H and O–H groups in total. The van der Waals surface area contributed by atoms with Crippen molar-refractivity contribution in [1.82, 2.24) is 14.9 Å². The SMILES string of the molecule is Cc1nc(-c2c[nH]c(C(=O)N3CCOCC3C)c2)cs1. The third kappa shape index (κ3) is 2.48. The second-order valence-corrected chi connectivity index (χ2v) is 6.04. The number of hydrogen-bond acceptors (Lipinski definition) is 4. The van der Waals surface area contributed by atoms with Crippen LogP contribution in [0.5, 0.6) is 0 Å². The minimum absolute atomic E-state index is 0.0269. The number of aromatic nitrogens is 2. The van der Waals surface area contributed by atoms with Crippen molar-refractivity contribution < 1.29 is 9.53 Å². The van der Waals surface area contributed by atoms with Gasteiger partial charge in [-0.05, 0) is 19.9 Å². The van der Waals surface area contributed by atoms with Crippen LogP contribution in [0, 0.1) is 6.92 Å². The van der Waals surface area contributed by atoms with E-state index in [0.29, 0.717) is 25.5 Å². The molecule has 1 aliphatic heterocycles. The highest BCUT2D eigenvalue weighted by Crippen LogP contribution is 2.23. The molecule has 6 heteroatoms. The molecule has 0 saturated carbocycles. The maximum atomic E-state index is 12.5. The van der Waals surface area contributed by atoms with Crippen LogP contribution in [-0.4, -0.2) is 46.6 Å². The van der Waals surface area contributed by atoms with E-state index in [1.165, 1.54) is 0 Å². The van der Waals surface area contributed by atoms with E-state index < -0.39 is 0 Å². The zero-order valence-electron chi connectivity index (χ0n) is 11.5. The Kier molecular flexibility index (Phi) is 3.58. The molecule has 0 radical (unpaired) electrons. The van der Waals surface area contributed by atoms with Gasteiger partial charge in [0.25, 0.3) is 5.91 Å². The maximum Gasteiger partial charge on any atom is 0.270 e. The van der Waals surface area contributed by atoms with Crippen LogP contribution < -0.4 is 0 Å². The molecule has 0 aliphatic carbocycles. The van der Waals surface area contributed by atoms with Crippen LogP contribution in [0.15, 0.2) is 17.6 Å². The number of aryl methyl sites for hydroxylation is 1. The van der Waals surface area contributed by atoms with Gasteiger partial charge in [-0.2, -0.15) is 0 Å². The zero-order valence-corrected chi connectivity index (χ0v) is 12.4. The lowest BCUT2D eigenvalue weighted by molar-refractivity contribution is 0.00331. The molecule has 1 amide bonds. The van der Waals surface area contributed by atoms with Crippen LogP contribution >= 0.6 is 11.3 Å². The highest BCUT2D eigenvalue weighted by atomic mass is 32.1. The van der Waals surface area contributed by atoms with Crippen LogP contribution in [0.3, 0.4) is 0 Å². The first-order valence-electron chi connectivity index (χ1n) is 6.65. The Bertz CT molecular complexity index is 619. The Labute approximate surface area is 121 Å². The van der Waals surface area contributed by atoms with Gasteiger partial charge in [0.2, 0.25) is 0 Å². The summed E-state index contributed by atoms with van der Waals surface area (Å²) in [5.41, 5.74) is 2.48. The summed E-state index contributed by atoms with van der Waals surface area (Å²) in [6.07, 6.45) is 1.84. The minimum Gasteiger partial charge on any atom is -0.377 e. The Balaban J connectivity index is 1.81. The lowest BCUT2D eigenvalue weighted by Crippen LogP contribution is -2.47. The lowest BCUT2D eigenvalue weighted by atomic mass is 10.2. The van der Waals surface area contributed by atoms with Crippen LogP contribution in [0.25, 0.3) is 11.3 Å². The molecule has 3 rings (SSSR count). The Morgan fingerprint density at radius 1 is 1.60 bits per heavy atom. The first-order chi connectivity index (χ1) is 9.65. The van der Waals surface area contributed by atoms with Crippen molar-refractivity contribution in [2.45, 2.75) is 19.9 Å². The summed E-state index contributed by atoms with van der Waals surface area (Å²) in [6, 6.07) is 1.99. The van der Waals surface area contributed by atoms with E-state index in [1.54, 1.807) is 11.3 Å². The van der Waals surface area contributed by atoms with Crippen molar-refractivity contribution in [3.05, 3.63) is 28.3 Å². The molecule has 0 aromatic carbocycles. The van der Waals surface area contributed by atoms with Gasteiger partial charge in [-0.3, -0.25) is 4.79 Å². The molecule has 1 fully saturated rings. The normalized spacial score (nSPS) is 19.3. The topological polar surface area (TPSA) is 58.2 Å². The predicted octanol–water partition coefficient (Wildman–Crippen LogP) is 2.31. The van der Waals surface area contributed by atoms with E-state index in [0.717, 1.165) is 16.3 Å². The number of morpholine rings is 1. The van der Waals surface area contributed by atoms with Gasteiger partial charge in [0, 0.05) is 23.7 Å². The van der Waals surface area contributed by atoms with Gasteiger partial charge in [-0.1, -0.05) is 0 Å². The molecule has 1 saturated heterocycles. The molecule has 0 bridgehead atoms. The van der Waals surface area contributed by atoms with E-state index in [1.807, 2.05) is 36.4 Å². The van der Waals surface area contributed by atoms with Gasteiger partial charge in [0.15, 0.2) is 0 Å². The van der Waals surface area contributed by atoms with E-state index in [2.05, 4.69) is 9.97 Å². The second kappa shape index (κ2) is 5.38. The van der Waals surface area contributed by atoms with E-state index in [9.17, 15) is 4.79 Å². The van der Waals surface area contributed by atoms with Crippen molar-refractivity contribution in [3.63, 3.8) is 0 Å². The van der Waals surface area contributed by atoms with Crippen molar-refractivity contribution in [3.8, 4) is 11.3 Å². The maximum absolute atomic E-state index is 12.5. The number of carbonyl (C=O) groups is 1. The monoisotopic (exact) mass is 291 g/mol. The quantitative estimate of drug-likeness (QED) is 0.923. The first kappa shape index (κ1) is 13.3. The van der Waals surface area contributed by atoms with Crippen molar-refractivity contribution in [1.29, 1.82) is 0 Å². The Morgan fingerprint density at radius 3 is 3.15 bits per heavy atom. The smallest absolute Gasteiger partial charge is 0.270 e. The molecule has 20 heavy (non-hydrogen) atoms. The summed E-state index contributed by atoms with van der Waals surface area (Å²) in [4.78, 5) is 21.8. The predicted molar refractivity (Wildman–Crippen MR) is 78.0 cm³/mol. The van der Waals surface area contributed by atoms with Gasteiger partial charge in [-0.15, -0.1) is 11.3 Å². The number of rotatable bonds is 2. The fraction of sp³-hybridized carbons (Fsp3) is 0.429. The molecular formula is C14H17N3O2S. The zero-order chi connectivity index (χ0) is 14.1. The van der Waals surface area contributed by atoms with Crippen molar-refractivity contribution in [2.24, 2.45) is 0 Å². The number of amides is 1. The Morgan fingerprint density at radius 2 is 2.45 bits per heavy atom. The first-order valence-corrected chi connectivity index (χ1v) is 7.53. The van der Waals surface area contributed by atoms with Gasteiger partial charge in [-0.25, -0.2) is 4.98 Å². The molecule has 1 atom stereocenters. The average molecular weight is 291 g/mol. The third-order valence-electron chi connectivity index (χ3n) is 3.46. The minimum atomic E-state index is 0.0269. The summed E-state index contributed by atoms with van der Waals surface area (Å²) < 4.78 is 5.36. The average Bonchev–Trinajstić information content (AvgIpc) is 3.07. The molecule has 1 unspecified atom stereocenters. The third-order valence-corrected chi connectivity index (χ3v) is 4.23. The van der Waals surface area contributed by atoms with Gasteiger partial charge in [0.05, 0.1) is 30.0 Å². The van der Waals surface area contributed by atoms with Crippen molar-refractivity contribution >= 4 is 17.2 Å². The largest absolute Gasteiger partial charge is 0.377 e. The summed E-state index contributed by atoms with van der Waals surface area (Å²) in [5, 5.41) is 3.03. The molecule has 106 valence electrons. The number of H-pyrrole nitrogens is 1. The Hall–Kier alpha value is -1.66. The van der Waals surface area contributed by atoms with Gasteiger partial charge in [0.1, 0.15) is 5.69 Å². The summed E-state index contributed by atoms with van der Waals surface area (Å²) in [7, 11) is 0. The van der Waals surface area contributed by atoms with Crippen molar-refractivity contribution in [2.75, 3.05) is 19.8 Å². The number of ether oxygens (including phenoxy) is 1. The van der Waals surface area contributed by atoms with E-state index in [-0.39, 0.29) is 11.9 Å². The molecule has 3 heterocycles. The van der Waals surface area contributed by atoms with E-state index >= 15 is 0 Å². The number of nitrogens with zero attached hydrogens (tertiary/aromatic N) is 2. The van der Waals surface area contributed by atoms with Gasteiger partial charge >= 0.3 is 0 Å². The van der Waals surface area contributed by atoms with Crippen LogP contribution in [0.2, 0.25) is 0 Å². The second-order valence-electron chi connectivity index (χ2n) is 4.98. The van der Waals surface area contributed by atoms with Crippen LogP contribution in [-0.2, 0) is 4.74 Å². The molecule has 0 spiro atoms. The van der Waals surface area contributed by atoms with Crippen LogP contribution in [0.1, 0.15) is 22.4 Å². The number of nitrogens with one attached hydrogen (secondary N) is 1. The summed E-state index contributed by atoms with van der Waals surface area (Å²) in [5.74, 6) is 0.0269. The number of hydrogen-bond donors (Lipinski definition) is 1. The number of aromatic amines is 1. The number of carbonyl (C=O) groups excluding carboxylic acids is 1. The lowest BCUT2D eigenvalue weighted by Gasteiger charge is -2.32. The molecular weight excluding hydrogens is 274 g/mol. The molecule has 2 aromatic rings.